The van der Waals surface area contributed by atoms with Gasteiger partial charge in [-0.15, -0.1) is 0 Å². The number of hydrogen-bond donors (Lipinski definition) is 0. The second-order valence-electron chi connectivity index (χ2n) is 10.1. The Morgan fingerprint density at radius 1 is 0.395 bits per heavy atom. The van der Waals surface area contributed by atoms with Gasteiger partial charge < -0.3 is 4.42 Å². The number of benzene rings is 6. The smallest absolute Gasteiger partial charge is 0.135 e. The minimum absolute atomic E-state index is 0.392. The van der Waals surface area contributed by atoms with Crippen LogP contribution in [0.25, 0.3) is 44.2 Å². The number of rotatable bonds is 3. The molecule has 1 aliphatic carbocycles. The first kappa shape index (κ1) is 21.2. The van der Waals surface area contributed by atoms with E-state index < -0.39 is 5.41 Å². The molecule has 0 radical (unpaired) electrons. The lowest BCUT2D eigenvalue weighted by Crippen LogP contribution is -2.28. The fourth-order valence-corrected chi connectivity index (χ4v) is 6.53. The molecule has 1 aliphatic rings. The largest absolute Gasteiger partial charge is 0.456 e. The maximum Gasteiger partial charge on any atom is 0.135 e. The fraction of sp³-hybridized carbons (Fsp3) is 0.0270. The molecule has 0 spiro atoms. The van der Waals surface area contributed by atoms with Crippen molar-refractivity contribution in [3.63, 3.8) is 0 Å². The highest BCUT2D eigenvalue weighted by Crippen LogP contribution is 2.56. The van der Waals surface area contributed by atoms with Gasteiger partial charge in [-0.3, -0.25) is 0 Å². The van der Waals surface area contributed by atoms with E-state index in [9.17, 15) is 0 Å². The van der Waals surface area contributed by atoms with Gasteiger partial charge >= 0.3 is 0 Å². The van der Waals surface area contributed by atoms with Gasteiger partial charge in [0.1, 0.15) is 11.2 Å². The zero-order chi connectivity index (χ0) is 25.1. The Morgan fingerprint density at radius 2 is 0.974 bits per heavy atom. The van der Waals surface area contributed by atoms with Crippen molar-refractivity contribution in [3.8, 4) is 22.3 Å². The van der Waals surface area contributed by atoms with Crippen LogP contribution >= 0.6 is 0 Å². The van der Waals surface area contributed by atoms with E-state index in [1.165, 1.54) is 44.5 Å². The monoisotopic (exact) mass is 484 g/mol. The molecule has 0 atom stereocenters. The molecule has 7 aromatic rings. The molecule has 6 aromatic carbocycles. The molecule has 8 rings (SSSR count). The first-order chi connectivity index (χ1) is 18.8. The molecule has 0 aliphatic heterocycles. The van der Waals surface area contributed by atoms with Crippen LogP contribution in [0.4, 0.5) is 0 Å². The van der Waals surface area contributed by atoms with Crippen molar-refractivity contribution in [1.82, 2.24) is 0 Å². The molecule has 0 amide bonds. The Bertz CT molecular complexity index is 1920. The SMILES string of the molecule is c1ccc(C2(c3ccccc3)c3ccccc3-c3ccc(-c4ccc5oc6ccccc6c5c4)cc32)cc1. The highest BCUT2D eigenvalue weighted by molar-refractivity contribution is 6.06. The molecule has 0 saturated carbocycles. The molecule has 0 bridgehead atoms. The predicted octanol–water partition coefficient (Wildman–Crippen LogP) is 9.62. The summed E-state index contributed by atoms with van der Waals surface area (Å²) in [4.78, 5) is 0. The van der Waals surface area contributed by atoms with Crippen LogP contribution in [0, 0.1) is 0 Å². The quantitative estimate of drug-likeness (QED) is 0.243. The minimum atomic E-state index is -0.392. The van der Waals surface area contributed by atoms with E-state index >= 15 is 0 Å². The van der Waals surface area contributed by atoms with Crippen molar-refractivity contribution in [2.24, 2.45) is 0 Å². The lowest BCUT2D eigenvalue weighted by atomic mass is 9.67. The Balaban J connectivity index is 1.43. The lowest BCUT2D eigenvalue weighted by Gasteiger charge is -2.34. The third kappa shape index (κ3) is 2.87. The second-order valence-corrected chi connectivity index (χ2v) is 10.1. The summed E-state index contributed by atoms with van der Waals surface area (Å²) in [5.74, 6) is 0. The Morgan fingerprint density at radius 3 is 1.76 bits per heavy atom. The lowest BCUT2D eigenvalue weighted by molar-refractivity contribution is 0.669. The summed E-state index contributed by atoms with van der Waals surface area (Å²) in [6.45, 7) is 0. The Labute approximate surface area is 221 Å². The summed E-state index contributed by atoms with van der Waals surface area (Å²) in [7, 11) is 0. The summed E-state index contributed by atoms with van der Waals surface area (Å²) >= 11 is 0. The van der Waals surface area contributed by atoms with Crippen molar-refractivity contribution < 1.29 is 4.42 Å². The summed E-state index contributed by atoms with van der Waals surface area (Å²) in [6.07, 6.45) is 0. The molecule has 1 aromatic heterocycles. The Hall–Kier alpha value is -4.88. The van der Waals surface area contributed by atoms with E-state index in [4.69, 9.17) is 4.42 Å². The van der Waals surface area contributed by atoms with Crippen molar-refractivity contribution >= 4 is 21.9 Å². The third-order valence-electron chi connectivity index (χ3n) is 8.17. The van der Waals surface area contributed by atoms with Crippen molar-refractivity contribution in [1.29, 1.82) is 0 Å². The molecule has 1 nitrogen and oxygen atoms in total. The van der Waals surface area contributed by atoms with Crippen LogP contribution < -0.4 is 0 Å². The van der Waals surface area contributed by atoms with Gasteiger partial charge in [-0.1, -0.05) is 121 Å². The first-order valence-electron chi connectivity index (χ1n) is 13.1. The van der Waals surface area contributed by atoms with Crippen LogP contribution in [-0.2, 0) is 5.41 Å². The van der Waals surface area contributed by atoms with Gasteiger partial charge in [0.05, 0.1) is 5.41 Å². The molecular formula is C37H24O. The van der Waals surface area contributed by atoms with Crippen molar-refractivity contribution in [2.75, 3.05) is 0 Å². The average molecular weight is 485 g/mol. The van der Waals surface area contributed by atoms with Gasteiger partial charge in [0, 0.05) is 10.8 Å². The number of fused-ring (bicyclic) bond motifs is 6. The fourth-order valence-electron chi connectivity index (χ4n) is 6.53. The van der Waals surface area contributed by atoms with E-state index in [0.29, 0.717) is 0 Å². The molecule has 1 heterocycles. The van der Waals surface area contributed by atoms with Crippen LogP contribution in [-0.4, -0.2) is 0 Å². The van der Waals surface area contributed by atoms with Crippen LogP contribution in [0.5, 0.6) is 0 Å². The highest BCUT2D eigenvalue weighted by Gasteiger charge is 2.45. The van der Waals surface area contributed by atoms with Gasteiger partial charge in [0.25, 0.3) is 0 Å². The van der Waals surface area contributed by atoms with E-state index in [2.05, 4.69) is 133 Å². The third-order valence-corrected chi connectivity index (χ3v) is 8.17. The van der Waals surface area contributed by atoms with Crippen LogP contribution in [0.2, 0.25) is 0 Å². The standard InChI is InChI=1S/C37H24O/c1-3-11-27(12-4-1)37(28-13-5-2-6-14-28)33-17-9-7-15-29(33)30-21-19-26(24-34(30)37)25-20-22-36-32(23-25)31-16-8-10-18-35(31)38-36/h1-24H. The van der Waals surface area contributed by atoms with Crippen molar-refractivity contribution in [2.45, 2.75) is 5.41 Å². The molecule has 0 N–H and O–H groups in total. The normalized spacial score (nSPS) is 13.5. The molecular weight excluding hydrogens is 460 g/mol. The summed E-state index contributed by atoms with van der Waals surface area (Å²) in [5, 5.41) is 2.31. The van der Waals surface area contributed by atoms with Gasteiger partial charge in [-0.25, -0.2) is 0 Å². The van der Waals surface area contributed by atoms with Gasteiger partial charge in [-0.2, -0.15) is 0 Å². The summed E-state index contributed by atoms with van der Waals surface area (Å²) < 4.78 is 6.11. The number of para-hydroxylation sites is 1. The molecule has 38 heavy (non-hydrogen) atoms. The summed E-state index contributed by atoms with van der Waals surface area (Å²) in [5.41, 5.74) is 11.7. The van der Waals surface area contributed by atoms with Crippen LogP contribution in [0.1, 0.15) is 22.3 Å². The molecule has 0 fully saturated rings. The van der Waals surface area contributed by atoms with Gasteiger partial charge in [0.15, 0.2) is 0 Å². The number of furan rings is 1. The number of hydrogen-bond acceptors (Lipinski definition) is 1. The zero-order valence-electron chi connectivity index (χ0n) is 20.8. The van der Waals surface area contributed by atoms with Crippen LogP contribution in [0.15, 0.2) is 150 Å². The average Bonchev–Trinajstić information content (AvgIpc) is 3.51. The molecule has 1 heteroatoms. The van der Waals surface area contributed by atoms with E-state index in [0.717, 1.165) is 21.9 Å². The topological polar surface area (TPSA) is 13.1 Å². The van der Waals surface area contributed by atoms with Gasteiger partial charge in [-0.05, 0) is 68.8 Å². The molecule has 0 unspecified atom stereocenters. The highest BCUT2D eigenvalue weighted by atomic mass is 16.3. The summed E-state index contributed by atoms with van der Waals surface area (Å²) in [6, 6.07) is 52.7. The molecule has 0 saturated heterocycles. The van der Waals surface area contributed by atoms with E-state index in [1.54, 1.807) is 0 Å². The maximum absolute atomic E-state index is 6.11. The minimum Gasteiger partial charge on any atom is -0.456 e. The Kier molecular flexibility index (Phi) is 4.50. The van der Waals surface area contributed by atoms with E-state index in [-0.39, 0.29) is 0 Å². The van der Waals surface area contributed by atoms with Crippen molar-refractivity contribution in [3.05, 3.63) is 168 Å². The van der Waals surface area contributed by atoms with Crippen LogP contribution in [0.3, 0.4) is 0 Å². The molecule has 178 valence electrons. The van der Waals surface area contributed by atoms with E-state index in [1.807, 2.05) is 12.1 Å². The maximum atomic E-state index is 6.11. The zero-order valence-corrected chi connectivity index (χ0v) is 20.8. The second kappa shape index (κ2) is 8.06. The predicted molar refractivity (Wildman–Crippen MR) is 156 cm³/mol. The first-order valence-corrected chi connectivity index (χ1v) is 13.1. The van der Waals surface area contributed by atoms with Gasteiger partial charge in [0.2, 0.25) is 0 Å².